The number of rotatable bonds is 4. The zero-order valence-corrected chi connectivity index (χ0v) is 12.2. The van der Waals surface area contributed by atoms with Gasteiger partial charge in [-0.05, 0) is 26.0 Å². The molecular formula is C15H17N3O3. The molecule has 1 amide bonds. The van der Waals surface area contributed by atoms with Crippen LogP contribution in [0.4, 0.5) is 5.69 Å². The first-order chi connectivity index (χ1) is 9.99. The summed E-state index contributed by atoms with van der Waals surface area (Å²) in [4.78, 5) is 22.4. The number of amides is 1. The van der Waals surface area contributed by atoms with E-state index in [-0.39, 0.29) is 12.5 Å². The normalized spacial score (nSPS) is 10.2. The maximum absolute atomic E-state index is 11.7. The monoisotopic (exact) mass is 287 g/mol. The Morgan fingerprint density at radius 2 is 1.90 bits per heavy atom. The van der Waals surface area contributed by atoms with Crippen LogP contribution in [0.25, 0.3) is 5.69 Å². The van der Waals surface area contributed by atoms with Crippen LogP contribution >= 0.6 is 0 Å². The van der Waals surface area contributed by atoms with Gasteiger partial charge in [-0.3, -0.25) is 9.59 Å². The highest BCUT2D eigenvalue weighted by molar-refractivity contribution is 5.93. The van der Waals surface area contributed by atoms with Crippen LogP contribution in [0.1, 0.15) is 18.3 Å². The van der Waals surface area contributed by atoms with Gasteiger partial charge in [0.25, 0.3) is 5.91 Å². The summed E-state index contributed by atoms with van der Waals surface area (Å²) in [5.41, 5.74) is 3.07. The summed E-state index contributed by atoms with van der Waals surface area (Å²) in [6.07, 6.45) is 0. The highest BCUT2D eigenvalue weighted by Crippen LogP contribution is 2.22. The Morgan fingerprint density at radius 3 is 2.52 bits per heavy atom. The Morgan fingerprint density at radius 1 is 1.24 bits per heavy atom. The van der Waals surface area contributed by atoms with Gasteiger partial charge in [-0.25, -0.2) is 4.68 Å². The SMILES string of the molecule is CC(=O)OCC(=O)Nc1c(C)nn(-c2ccccc2)c1C. The van der Waals surface area contributed by atoms with E-state index in [4.69, 9.17) is 0 Å². The minimum Gasteiger partial charge on any atom is -0.456 e. The fraction of sp³-hybridized carbons (Fsp3) is 0.267. The van der Waals surface area contributed by atoms with Gasteiger partial charge >= 0.3 is 5.97 Å². The average Bonchev–Trinajstić information content (AvgIpc) is 2.74. The van der Waals surface area contributed by atoms with Crippen LogP contribution in [-0.2, 0) is 14.3 Å². The molecule has 6 heteroatoms. The van der Waals surface area contributed by atoms with Crippen LogP contribution < -0.4 is 5.32 Å². The second-order valence-electron chi connectivity index (χ2n) is 4.62. The fourth-order valence-electron chi connectivity index (χ4n) is 1.99. The molecule has 0 bridgehead atoms. The molecule has 2 aromatic rings. The summed E-state index contributed by atoms with van der Waals surface area (Å²) in [6, 6.07) is 9.64. The topological polar surface area (TPSA) is 73.2 Å². The number of carbonyl (C=O) groups is 2. The van der Waals surface area contributed by atoms with E-state index in [1.54, 1.807) is 4.68 Å². The molecule has 0 aliphatic rings. The predicted octanol–water partition coefficient (Wildman–Crippen LogP) is 1.99. The molecule has 0 saturated carbocycles. The molecule has 0 aliphatic carbocycles. The zero-order chi connectivity index (χ0) is 15.4. The Hall–Kier alpha value is -2.63. The Bertz CT molecular complexity index is 662. The number of hydrogen-bond acceptors (Lipinski definition) is 4. The van der Waals surface area contributed by atoms with Crippen LogP contribution in [0.2, 0.25) is 0 Å². The molecule has 0 fully saturated rings. The molecule has 0 spiro atoms. The van der Waals surface area contributed by atoms with E-state index in [1.807, 2.05) is 44.2 Å². The third-order valence-corrected chi connectivity index (χ3v) is 2.96. The number of nitrogens with zero attached hydrogens (tertiary/aromatic N) is 2. The first kappa shape index (κ1) is 14.8. The largest absolute Gasteiger partial charge is 0.456 e. The summed E-state index contributed by atoms with van der Waals surface area (Å²) in [5.74, 6) is -0.873. The van der Waals surface area contributed by atoms with Crippen LogP contribution in [0.15, 0.2) is 30.3 Å². The van der Waals surface area contributed by atoms with Gasteiger partial charge in [0.1, 0.15) is 0 Å². The highest BCUT2D eigenvalue weighted by atomic mass is 16.5. The van der Waals surface area contributed by atoms with Crippen molar-refractivity contribution in [3.05, 3.63) is 41.7 Å². The average molecular weight is 287 g/mol. The Kier molecular flexibility index (Phi) is 4.37. The van der Waals surface area contributed by atoms with E-state index in [0.29, 0.717) is 11.4 Å². The van der Waals surface area contributed by atoms with Crippen molar-refractivity contribution in [1.29, 1.82) is 0 Å². The number of nitrogens with one attached hydrogen (secondary N) is 1. The molecule has 2 rings (SSSR count). The van der Waals surface area contributed by atoms with Crippen LogP contribution in [0, 0.1) is 13.8 Å². The summed E-state index contributed by atoms with van der Waals surface area (Å²) in [6.45, 7) is 4.64. The third-order valence-electron chi connectivity index (χ3n) is 2.96. The number of anilines is 1. The fourth-order valence-corrected chi connectivity index (χ4v) is 1.99. The quantitative estimate of drug-likeness (QED) is 0.873. The van der Waals surface area contributed by atoms with Gasteiger partial charge in [-0.2, -0.15) is 5.10 Å². The molecule has 6 nitrogen and oxygen atoms in total. The van der Waals surface area contributed by atoms with Crippen molar-refractivity contribution >= 4 is 17.6 Å². The van der Waals surface area contributed by atoms with Gasteiger partial charge in [0.2, 0.25) is 0 Å². The molecule has 21 heavy (non-hydrogen) atoms. The molecule has 0 saturated heterocycles. The number of carbonyl (C=O) groups excluding carboxylic acids is 2. The molecule has 0 radical (unpaired) electrons. The number of hydrogen-bond donors (Lipinski definition) is 1. The molecule has 0 atom stereocenters. The number of aryl methyl sites for hydroxylation is 1. The molecule has 1 N–H and O–H groups in total. The van der Waals surface area contributed by atoms with Gasteiger partial charge < -0.3 is 10.1 Å². The number of para-hydroxylation sites is 1. The molecule has 110 valence electrons. The van der Waals surface area contributed by atoms with Crippen molar-refractivity contribution in [2.45, 2.75) is 20.8 Å². The van der Waals surface area contributed by atoms with E-state index in [2.05, 4.69) is 15.2 Å². The predicted molar refractivity (Wildman–Crippen MR) is 78.3 cm³/mol. The smallest absolute Gasteiger partial charge is 0.303 e. The van der Waals surface area contributed by atoms with Gasteiger partial charge in [0.05, 0.1) is 22.8 Å². The van der Waals surface area contributed by atoms with Gasteiger partial charge in [0.15, 0.2) is 6.61 Å². The lowest BCUT2D eigenvalue weighted by molar-refractivity contribution is -0.144. The zero-order valence-electron chi connectivity index (χ0n) is 12.2. The third kappa shape index (κ3) is 3.47. The number of ether oxygens (including phenoxy) is 1. The lowest BCUT2D eigenvalue weighted by Crippen LogP contribution is -2.20. The van der Waals surface area contributed by atoms with Crippen molar-refractivity contribution in [3.63, 3.8) is 0 Å². The second kappa shape index (κ2) is 6.21. The van der Waals surface area contributed by atoms with Crippen LogP contribution in [0.5, 0.6) is 0 Å². The standard InChI is InChI=1S/C15H17N3O3/c1-10-15(16-14(20)9-21-12(3)19)11(2)18(17-10)13-7-5-4-6-8-13/h4-8H,9H2,1-3H3,(H,16,20). The molecule has 1 aromatic heterocycles. The minimum absolute atomic E-state index is 0.301. The van der Waals surface area contributed by atoms with Crippen molar-refractivity contribution in [2.75, 3.05) is 11.9 Å². The lowest BCUT2D eigenvalue weighted by Gasteiger charge is -2.07. The van der Waals surface area contributed by atoms with E-state index in [0.717, 1.165) is 11.4 Å². The maximum atomic E-state index is 11.7. The van der Waals surface area contributed by atoms with E-state index in [9.17, 15) is 9.59 Å². The van der Waals surface area contributed by atoms with E-state index < -0.39 is 5.97 Å². The van der Waals surface area contributed by atoms with E-state index >= 15 is 0 Å². The van der Waals surface area contributed by atoms with Gasteiger partial charge in [0, 0.05) is 6.92 Å². The number of benzene rings is 1. The summed E-state index contributed by atoms with van der Waals surface area (Å²) >= 11 is 0. The molecule has 0 aliphatic heterocycles. The van der Waals surface area contributed by atoms with Crippen molar-refractivity contribution < 1.29 is 14.3 Å². The number of aromatic nitrogens is 2. The molecule has 0 unspecified atom stereocenters. The lowest BCUT2D eigenvalue weighted by atomic mass is 10.3. The Balaban J connectivity index is 2.20. The van der Waals surface area contributed by atoms with E-state index in [1.165, 1.54) is 6.92 Å². The van der Waals surface area contributed by atoms with Crippen molar-refractivity contribution in [2.24, 2.45) is 0 Å². The first-order valence-electron chi connectivity index (χ1n) is 6.54. The van der Waals surface area contributed by atoms with Crippen LogP contribution in [0.3, 0.4) is 0 Å². The summed E-state index contributed by atoms with van der Waals surface area (Å²) in [5, 5.41) is 7.15. The van der Waals surface area contributed by atoms with Crippen molar-refractivity contribution in [1.82, 2.24) is 9.78 Å². The first-order valence-corrected chi connectivity index (χ1v) is 6.54. The van der Waals surface area contributed by atoms with Crippen molar-refractivity contribution in [3.8, 4) is 5.69 Å². The summed E-state index contributed by atoms with van der Waals surface area (Å²) in [7, 11) is 0. The molecule has 1 aromatic carbocycles. The highest BCUT2D eigenvalue weighted by Gasteiger charge is 2.15. The molecular weight excluding hydrogens is 270 g/mol. The van der Waals surface area contributed by atoms with Gasteiger partial charge in [-0.15, -0.1) is 0 Å². The summed E-state index contributed by atoms with van der Waals surface area (Å²) < 4.78 is 6.43. The maximum Gasteiger partial charge on any atom is 0.303 e. The second-order valence-corrected chi connectivity index (χ2v) is 4.62. The number of esters is 1. The minimum atomic E-state index is -0.487. The van der Waals surface area contributed by atoms with Crippen LogP contribution in [-0.4, -0.2) is 28.3 Å². The molecule has 1 heterocycles. The van der Waals surface area contributed by atoms with Gasteiger partial charge in [-0.1, -0.05) is 18.2 Å². The Labute approximate surface area is 122 Å².